The first kappa shape index (κ1) is 12.2. The molecule has 1 nitrogen and oxygen atoms in total. The van der Waals surface area contributed by atoms with Gasteiger partial charge in [-0.15, -0.1) is 0 Å². The van der Waals surface area contributed by atoms with Gasteiger partial charge in [0.2, 0.25) is 0 Å². The lowest BCUT2D eigenvalue weighted by molar-refractivity contribution is 0.198. The summed E-state index contributed by atoms with van der Waals surface area (Å²) in [7, 11) is 0.964. The predicted octanol–water partition coefficient (Wildman–Crippen LogP) is 3.53. The van der Waals surface area contributed by atoms with Gasteiger partial charge in [-0.25, -0.2) is 0 Å². The Balaban J connectivity index is 3.76. The molecule has 0 fully saturated rings. The fraction of sp³-hybridized carbons (Fsp3) is 1.00. The van der Waals surface area contributed by atoms with E-state index in [4.69, 9.17) is 4.74 Å². The zero-order chi connectivity index (χ0) is 9.45. The van der Waals surface area contributed by atoms with Gasteiger partial charge in [0.15, 0.2) is 0 Å². The minimum Gasteiger partial charge on any atom is -0.385 e. The van der Waals surface area contributed by atoms with Crippen molar-refractivity contribution in [3.8, 4) is 0 Å². The molecular weight excluding hydrogens is 164 g/mol. The van der Waals surface area contributed by atoms with E-state index in [0.717, 1.165) is 6.61 Å². The number of methoxy groups -OCH3 is 1. The minimum absolute atomic E-state index is 0.835. The molecular formula is C10H24OSi. The Kier molecular flexibility index (Phi) is 6.77. The molecule has 0 saturated carbocycles. The highest BCUT2D eigenvalue weighted by atomic mass is 28.3. The number of hydrogen-bond donors (Lipinski definition) is 0. The third-order valence-corrected chi connectivity index (χ3v) is 9.22. The molecule has 0 bridgehead atoms. The summed E-state index contributed by atoms with van der Waals surface area (Å²) < 4.78 is 5.09. The second kappa shape index (κ2) is 6.67. The van der Waals surface area contributed by atoms with Gasteiger partial charge < -0.3 is 4.74 Å². The highest BCUT2D eigenvalue weighted by molar-refractivity contribution is 6.79. The van der Waals surface area contributed by atoms with E-state index in [1.165, 1.54) is 30.6 Å². The third kappa shape index (κ3) is 3.72. The van der Waals surface area contributed by atoms with E-state index in [1.807, 2.05) is 0 Å². The molecule has 0 N–H and O–H groups in total. The van der Waals surface area contributed by atoms with E-state index < -0.39 is 8.07 Å². The summed E-state index contributed by atoms with van der Waals surface area (Å²) in [5.74, 6) is 0. The second-order valence-electron chi connectivity index (χ2n) is 3.66. The normalized spacial score (nSPS) is 12.0. The fourth-order valence-electron chi connectivity index (χ4n) is 1.87. The lowest BCUT2D eigenvalue weighted by Crippen LogP contribution is -2.31. The SMILES string of the molecule is CC[Si](CC)(CC)CCCOC. The average Bonchev–Trinajstić information content (AvgIpc) is 2.14. The number of hydrogen-bond acceptors (Lipinski definition) is 1. The van der Waals surface area contributed by atoms with Crippen molar-refractivity contribution < 1.29 is 4.74 Å². The van der Waals surface area contributed by atoms with E-state index in [0.29, 0.717) is 0 Å². The van der Waals surface area contributed by atoms with Gasteiger partial charge in [0.25, 0.3) is 0 Å². The van der Waals surface area contributed by atoms with Gasteiger partial charge in [0.1, 0.15) is 0 Å². The maximum absolute atomic E-state index is 5.09. The largest absolute Gasteiger partial charge is 0.385 e. The average molecular weight is 188 g/mol. The molecule has 0 aliphatic rings. The summed E-state index contributed by atoms with van der Waals surface area (Å²) in [5.41, 5.74) is 0. The van der Waals surface area contributed by atoms with E-state index >= 15 is 0 Å². The van der Waals surface area contributed by atoms with Crippen LogP contribution in [-0.2, 0) is 4.74 Å². The van der Waals surface area contributed by atoms with Crippen LogP contribution < -0.4 is 0 Å². The molecule has 74 valence electrons. The van der Waals surface area contributed by atoms with Crippen molar-refractivity contribution in [2.24, 2.45) is 0 Å². The molecule has 0 amide bonds. The van der Waals surface area contributed by atoms with E-state index in [-0.39, 0.29) is 0 Å². The quantitative estimate of drug-likeness (QED) is 0.439. The fourth-order valence-corrected chi connectivity index (χ4v) is 5.33. The molecule has 0 spiro atoms. The van der Waals surface area contributed by atoms with Crippen molar-refractivity contribution in [3.63, 3.8) is 0 Å². The Morgan fingerprint density at radius 2 is 1.50 bits per heavy atom. The van der Waals surface area contributed by atoms with Crippen LogP contribution in [0.5, 0.6) is 0 Å². The van der Waals surface area contributed by atoms with Crippen LogP contribution in [0.4, 0.5) is 0 Å². The van der Waals surface area contributed by atoms with Crippen LogP contribution in [-0.4, -0.2) is 21.8 Å². The Morgan fingerprint density at radius 1 is 1.00 bits per heavy atom. The lowest BCUT2D eigenvalue weighted by Gasteiger charge is -2.27. The van der Waals surface area contributed by atoms with E-state index in [2.05, 4.69) is 20.8 Å². The molecule has 0 aliphatic carbocycles. The van der Waals surface area contributed by atoms with Crippen LogP contribution in [0, 0.1) is 0 Å². The second-order valence-corrected chi connectivity index (χ2v) is 9.28. The first-order valence-corrected chi connectivity index (χ1v) is 8.06. The van der Waals surface area contributed by atoms with Gasteiger partial charge in [-0.1, -0.05) is 44.9 Å². The highest BCUT2D eigenvalue weighted by Crippen LogP contribution is 2.26. The molecule has 2 heteroatoms. The monoisotopic (exact) mass is 188 g/mol. The minimum atomic E-state index is -0.835. The number of ether oxygens (including phenoxy) is 1. The van der Waals surface area contributed by atoms with Gasteiger partial charge in [-0.2, -0.15) is 0 Å². The van der Waals surface area contributed by atoms with Crippen molar-refractivity contribution in [1.29, 1.82) is 0 Å². The molecule has 0 rings (SSSR count). The van der Waals surface area contributed by atoms with Crippen LogP contribution in [0.1, 0.15) is 27.2 Å². The van der Waals surface area contributed by atoms with Crippen LogP contribution >= 0.6 is 0 Å². The molecule has 12 heavy (non-hydrogen) atoms. The van der Waals surface area contributed by atoms with Gasteiger partial charge >= 0.3 is 0 Å². The topological polar surface area (TPSA) is 9.23 Å². The number of rotatable bonds is 7. The van der Waals surface area contributed by atoms with Crippen LogP contribution in [0.2, 0.25) is 24.2 Å². The summed E-state index contributed by atoms with van der Waals surface area (Å²) in [6, 6.07) is 5.81. The smallest absolute Gasteiger partial charge is 0.0528 e. The molecule has 0 atom stereocenters. The molecule has 0 aromatic carbocycles. The summed E-state index contributed by atoms with van der Waals surface area (Å²) in [5, 5.41) is 0. The maximum atomic E-state index is 5.09. The Hall–Kier alpha value is 0.177. The zero-order valence-corrected chi connectivity index (χ0v) is 10.2. The van der Waals surface area contributed by atoms with Gasteiger partial charge in [0.05, 0.1) is 8.07 Å². The van der Waals surface area contributed by atoms with Crippen LogP contribution in [0.25, 0.3) is 0 Å². The van der Waals surface area contributed by atoms with Crippen molar-refractivity contribution in [2.45, 2.75) is 51.4 Å². The van der Waals surface area contributed by atoms with Gasteiger partial charge in [-0.3, -0.25) is 0 Å². The van der Waals surface area contributed by atoms with Gasteiger partial charge in [0, 0.05) is 13.7 Å². The third-order valence-electron chi connectivity index (χ3n) is 3.31. The van der Waals surface area contributed by atoms with E-state index in [1.54, 1.807) is 7.11 Å². The van der Waals surface area contributed by atoms with Crippen molar-refractivity contribution in [2.75, 3.05) is 13.7 Å². The molecule has 0 heterocycles. The standard InChI is InChI=1S/C10H24OSi/c1-5-12(6-2,7-3)10-8-9-11-4/h5-10H2,1-4H3. The van der Waals surface area contributed by atoms with E-state index in [9.17, 15) is 0 Å². The zero-order valence-electron chi connectivity index (χ0n) is 9.15. The molecule has 0 radical (unpaired) electrons. The Labute approximate surface area is 78.5 Å². The summed E-state index contributed by atoms with van der Waals surface area (Å²) in [6.07, 6.45) is 1.28. The first-order valence-electron chi connectivity index (χ1n) is 5.23. The Bertz CT molecular complexity index is 91.7. The molecule has 0 saturated heterocycles. The molecule has 0 aromatic heterocycles. The predicted molar refractivity (Wildman–Crippen MR) is 58.5 cm³/mol. The van der Waals surface area contributed by atoms with Crippen LogP contribution in [0.3, 0.4) is 0 Å². The summed E-state index contributed by atoms with van der Waals surface area (Å²) >= 11 is 0. The maximum Gasteiger partial charge on any atom is 0.0528 e. The summed E-state index contributed by atoms with van der Waals surface area (Å²) in [4.78, 5) is 0. The first-order chi connectivity index (χ1) is 5.74. The highest BCUT2D eigenvalue weighted by Gasteiger charge is 2.25. The van der Waals surface area contributed by atoms with Crippen molar-refractivity contribution in [3.05, 3.63) is 0 Å². The molecule has 0 aliphatic heterocycles. The van der Waals surface area contributed by atoms with Crippen LogP contribution in [0.15, 0.2) is 0 Å². The molecule has 0 unspecified atom stereocenters. The Morgan fingerprint density at radius 3 is 1.83 bits per heavy atom. The summed E-state index contributed by atoms with van der Waals surface area (Å²) in [6.45, 7) is 8.05. The molecule has 0 aromatic rings. The van der Waals surface area contributed by atoms with Crippen molar-refractivity contribution in [1.82, 2.24) is 0 Å². The van der Waals surface area contributed by atoms with Gasteiger partial charge in [-0.05, 0) is 6.42 Å². The lowest BCUT2D eigenvalue weighted by atomic mass is 10.5. The van der Waals surface area contributed by atoms with Crippen molar-refractivity contribution >= 4 is 8.07 Å².